The van der Waals surface area contributed by atoms with E-state index < -0.39 is 23.8 Å². The Kier molecular flexibility index (Phi) is 5.18. The first kappa shape index (κ1) is 18.6. The Bertz CT molecular complexity index is 781. The molecular formula is C19H22NO5S-. The molecule has 6 nitrogen and oxygen atoms in total. The lowest BCUT2D eigenvalue weighted by Crippen LogP contribution is -2.51. The Labute approximate surface area is 156 Å². The number of aliphatic carboxylic acids is 1. The number of carboxylic acid groups (broad SMARTS) is 1. The quantitative estimate of drug-likeness (QED) is 0.626. The van der Waals surface area contributed by atoms with Crippen molar-refractivity contribution in [3.05, 3.63) is 28.2 Å². The molecule has 4 atom stereocenters. The van der Waals surface area contributed by atoms with Gasteiger partial charge in [-0.1, -0.05) is 19.1 Å². The minimum absolute atomic E-state index is 0.115. The molecule has 4 rings (SSSR count). The zero-order valence-electron chi connectivity index (χ0n) is 15.0. The molecule has 0 aliphatic heterocycles. The maximum absolute atomic E-state index is 13.0. The van der Waals surface area contributed by atoms with E-state index in [1.165, 1.54) is 18.4 Å². The molecule has 1 amide bonds. The highest BCUT2D eigenvalue weighted by molar-refractivity contribution is 7.16. The summed E-state index contributed by atoms with van der Waals surface area (Å²) in [5.74, 6) is -3.84. The van der Waals surface area contributed by atoms with Crippen molar-refractivity contribution in [2.24, 2.45) is 23.7 Å². The molecule has 1 aromatic rings. The second-order valence-electron chi connectivity index (χ2n) is 6.84. The number of carbonyl (C=O) groups is 3. The van der Waals surface area contributed by atoms with Crippen LogP contribution in [0, 0.1) is 30.6 Å². The van der Waals surface area contributed by atoms with Crippen LogP contribution in [0.2, 0.25) is 0 Å². The van der Waals surface area contributed by atoms with Crippen LogP contribution >= 0.6 is 11.3 Å². The van der Waals surface area contributed by atoms with E-state index in [0.29, 0.717) is 17.0 Å². The van der Waals surface area contributed by atoms with E-state index >= 15 is 0 Å². The number of fused-ring (bicyclic) bond motifs is 2. The highest BCUT2D eigenvalue weighted by Crippen LogP contribution is 2.45. The molecule has 1 saturated carbocycles. The Morgan fingerprint density at radius 3 is 2.35 bits per heavy atom. The first-order valence-corrected chi connectivity index (χ1v) is 9.61. The SMILES string of the molecule is CCc1c(C)sc(NC(=O)[C@H]2[C@@H](C(=O)[O-])[C@H]3C=C[C@@H]2CC3)c1C(=O)OC. The van der Waals surface area contributed by atoms with Gasteiger partial charge in [-0.25, -0.2) is 4.79 Å². The van der Waals surface area contributed by atoms with Crippen LogP contribution in [0.4, 0.5) is 5.00 Å². The summed E-state index contributed by atoms with van der Waals surface area (Å²) in [6, 6.07) is 0. The predicted octanol–water partition coefficient (Wildman–Crippen LogP) is 1.92. The van der Waals surface area contributed by atoms with Crippen LogP contribution in [0.25, 0.3) is 0 Å². The fourth-order valence-electron chi connectivity index (χ4n) is 4.28. The van der Waals surface area contributed by atoms with Crippen molar-refractivity contribution in [3.8, 4) is 0 Å². The van der Waals surface area contributed by atoms with Crippen molar-refractivity contribution in [2.45, 2.75) is 33.1 Å². The lowest BCUT2D eigenvalue weighted by molar-refractivity contribution is -0.316. The number of hydrogen-bond acceptors (Lipinski definition) is 6. The molecule has 140 valence electrons. The van der Waals surface area contributed by atoms with Crippen LogP contribution in [-0.4, -0.2) is 25.0 Å². The molecule has 1 fully saturated rings. The summed E-state index contributed by atoms with van der Waals surface area (Å²) in [7, 11) is 1.30. The number of carboxylic acids is 1. The van der Waals surface area contributed by atoms with Gasteiger partial charge in [0.25, 0.3) is 0 Å². The van der Waals surface area contributed by atoms with Gasteiger partial charge in [-0.05, 0) is 43.6 Å². The molecule has 0 spiro atoms. The van der Waals surface area contributed by atoms with Crippen molar-refractivity contribution in [3.63, 3.8) is 0 Å². The molecule has 1 heterocycles. The van der Waals surface area contributed by atoms with E-state index in [1.54, 1.807) is 0 Å². The number of allylic oxidation sites excluding steroid dienone is 2. The fraction of sp³-hybridized carbons (Fsp3) is 0.526. The van der Waals surface area contributed by atoms with E-state index in [4.69, 9.17) is 4.74 Å². The minimum Gasteiger partial charge on any atom is -0.550 e. The van der Waals surface area contributed by atoms with Gasteiger partial charge in [-0.3, -0.25) is 4.79 Å². The lowest BCUT2D eigenvalue weighted by atomic mass is 9.62. The molecule has 3 aliphatic carbocycles. The highest BCUT2D eigenvalue weighted by Gasteiger charge is 2.45. The summed E-state index contributed by atoms with van der Waals surface area (Å²) in [6.07, 6.45) is 6.02. The summed E-state index contributed by atoms with van der Waals surface area (Å²) in [4.78, 5) is 37.7. The smallest absolute Gasteiger partial charge is 0.341 e. The molecule has 1 N–H and O–H groups in total. The number of aryl methyl sites for hydroxylation is 1. The van der Waals surface area contributed by atoms with Crippen molar-refractivity contribution in [2.75, 3.05) is 12.4 Å². The van der Waals surface area contributed by atoms with Crippen LogP contribution in [0.1, 0.15) is 40.6 Å². The third-order valence-corrected chi connectivity index (χ3v) is 6.57. The van der Waals surface area contributed by atoms with Crippen LogP contribution < -0.4 is 10.4 Å². The predicted molar refractivity (Wildman–Crippen MR) is 95.7 cm³/mol. The Morgan fingerprint density at radius 1 is 1.23 bits per heavy atom. The van der Waals surface area contributed by atoms with Gasteiger partial charge in [-0.15, -0.1) is 11.3 Å². The molecule has 0 unspecified atom stereocenters. The average Bonchev–Trinajstić information content (AvgIpc) is 2.95. The number of amides is 1. The van der Waals surface area contributed by atoms with Gasteiger partial charge in [0.2, 0.25) is 5.91 Å². The standard InChI is InChI=1S/C19H23NO5S/c1-4-12-9(2)26-17(15(12)19(24)25-3)20-16(21)13-10-5-7-11(8-6-10)14(13)18(22)23/h5,7,10-11,13-14H,4,6,8H2,1-3H3,(H,20,21)(H,22,23)/p-1/t10-,11+,13-,14+/m1/s1. The van der Waals surface area contributed by atoms with Gasteiger partial charge in [0, 0.05) is 16.8 Å². The summed E-state index contributed by atoms with van der Waals surface area (Å²) >= 11 is 1.32. The van der Waals surface area contributed by atoms with Gasteiger partial charge in [0.05, 0.1) is 18.6 Å². The van der Waals surface area contributed by atoms with E-state index in [9.17, 15) is 19.5 Å². The summed E-state index contributed by atoms with van der Waals surface area (Å²) < 4.78 is 4.87. The number of anilines is 1. The Balaban J connectivity index is 1.92. The van der Waals surface area contributed by atoms with Gasteiger partial charge >= 0.3 is 5.97 Å². The zero-order valence-corrected chi connectivity index (χ0v) is 15.9. The second kappa shape index (κ2) is 7.23. The summed E-state index contributed by atoms with van der Waals surface area (Å²) in [5, 5.41) is 14.9. The molecule has 0 aromatic carbocycles. The number of thiophene rings is 1. The van der Waals surface area contributed by atoms with Crippen molar-refractivity contribution in [1.82, 2.24) is 0 Å². The first-order chi connectivity index (χ1) is 12.4. The number of methoxy groups -OCH3 is 1. The Hall–Kier alpha value is -2.15. The monoisotopic (exact) mass is 376 g/mol. The number of esters is 1. The van der Waals surface area contributed by atoms with Gasteiger partial charge in [0.1, 0.15) is 5.00 Å². The molecule has 0 saturated heterocycles. The molecule has 0 radical (unpaired) electrons. The number of hydrogen-bond donors (Lipinski definition) is 1. The van der Waals surface area contributed by atoms with E-state index in [0.717, 1.165) is 23.3 Å². The molecule has 26 heavy (non-hydrogen) atoms. The number of nitrogens with one attached hydrogen (secondary N) is 1. The molecule has 3 aliphatic rings. The zero-order chi connectivity index (χ0) is 19.0. The largest absolute Gasteiger partial charge is 0.550 e. The highest BCUT2D eigenvalue weighted by atomic mass is 32.1. The van der Waals surface area contributed by atoms with Gasteiger partial charge < -0.3 is 20.0 Å². The third kappa shape index (κ3) is 3.05. The third-order valence-electron chi connectivity index (χ3n) is 5.51. The maximum Gasteiger partial charge on any atom is 0.341 e. The molecule has 7 heteroatoms. The number of carbonyl (C=O) groups excluding carboxylic acids is 3. The number of ether oxygens (including phenoxy) is 1. The van der Waals surface area contributed by atoms with Crippen LogP contribution in [-0.2, 0) is 20.7 Å². The summed E-state index contributed by atoms with van der Waals surface area (Å²) in [5.41, 5.74) is 1.21. The van der Waals surface area contributed by atoms with Crippen LogP contribution in [0.15, 0.2) is 12.2 Å². The van der Waals surface area contributed by atoms with Crippen LogP contribution in [0.5, 0.6) is 0 Å². The van der Waals surface area contributed by atoms with Crippen LogP contribution in [0.3, 0.4) is 0 Å². The molecule has 2 bridgehead atoms. The number of rotatable bonds is 5. The van der Waals surface area contributed by atoms with Gasteiger partial charge in [-0.2, -0.15) is 0 Å². The summed E-state index contributed by atoms with van der Waals surface area (Å²) in [6.45, 7) is 3.82. The lowest BCUT2D eigenvalue weighted by Gasteiger charge is -2.44. The topological polar surface area (TPSA) is 95.5 Å². The van der Waals surface area contributed by atoms with E-state index in [1.807, 2.05) is 26.0 Å². The average molecular weight is 376 g/mol. The van der Waals surface area contributed by atoms with Crippen molar-refractivity contribution >= 4 is 34.2 Å². The second-order valence-corrected chi connectivity index (χ2v) is 8.06. The van der Waals surface area contributed by atoms with E-state index in [-0.39, 0.29) is 17.7 Å². The fourth-order valence-corrected chi connectivity index (χ4v) is 5.41. The van der Waals surface area contributed by atoms with Gasteiger partial charge in [0.15, 0.2) is 0 Å². The first-order valence-electron chi connectivity index (χ1n) is 8.79. The molecule has 1 aromatic heterocycles. The maximum atomic E-state index is 13.0. The van der Waals surface area contributed by atoms with E-state index in [2.05, 4.69) is 5.32 Å². The minimum atomic E-state index is -1.19. The normalized spacial score (nSPS) is 26.6. The Morgan fingerprint density at radius 2 is 1.85 bits per heavy atom. The van der Waals surface area contributed by atoms with Crippen molar-refractivity contribution < 1.29 is 24.2 Å². The van der Waals surface area contributed by atoms with Crippen molar-refractivity contribution in [1.29, 1.82) is 0 Å². The molecular weight excluding hydrogens is 354 g/mol.